The predicted molar refractivity (Wildman–Crippen MR) is 148 cm³/mol. The Labute approximate surface area is 234 Å². The number of amides is 1. The maximum atomic E-state index is 12.5. The summed E-state index contributed by atoms with van der Waals surface area (Å²) in [5, 5.41) is 9.90. The fraction of sp³-hybridized carbons (Fsp3) is 0.452. The van der Waals surface area contributed by atoms with Crippen LogP contribution in [0, 0.1) is 24.2 Å². The van der Waals surface area contributed by atoms with E-state index in [-0.39, 0.29) is 18.4 Å². The van der Waals surface area contributed by atoms with Crippen LogP contribution in [0.2, 0.25) is 0 Å². The van der Waals surface area contributed by atoms with Crippen molar-refractivity contribution in [3.63, 3.8) is 0 Å². The normalized spacial score (nSPS) is 21.6. The zero-order valence-corrected chi connectivity index (χ0v) is 23.4. The van der Waals surface area contributed by atoms with Gasteiger partial charge in [-0.05, 0) is 67.1 Å². The number of carboxylic acids is 1. The van der Waals surface area contributed by atoms with Gasteiger partial charge in [-0.1, -0.05) is 26.0 Å². The SMILES string of the molecule is COc1ccc(-c2nc(CCOc3ccc(C4C[C@@]45CN(C(=O)OCC(C)C)C[C@@H]5C(=O)O)cc3)c(C)o2)cc1. The molecule has 1 saturated heterocycles. The number of aryl methyl sites for hydroxylation is 1. The smallest absolute Gasteiger partial charge is 0.409 e. The molecule has 1 amide bonds. The van der Waals surface area contributed by atoms with Crippen LogP contribution in [0.3, 0.4) is 0 Å². The van der Waals surface area contributed by atoms with E-state index >= 15 is 0 Å². The Kier molecular flexibility index (Phi) is 7.74. The summed E-state index contributed by atoms with van der Waals surface area (Å²) in [5.41, 5.74) is 2.34. The minimum Gasteiger partial charge on any atom is -0.497 e. The second kappa shape index (κ2) is 11.2. The first kappa shape index (κ1) is 27.6. The maximum absolute atomic E-state index is 12.5. The predicted octanol–water partition coefficient (Wildman–Crippen LogP) is 5.56. The molecule has 2 fully saturated rings. The number of aromatic nitrogens is 1. The molecule has 2 aliphatic rings. The van der Waals surface area contributed by atoms with E-state index in [1.54, 1.807) is 12.0 Å². The number of benzene rings is 2. The Balaban J connectivity index is 1.16. The van der Waals surface area contributed by atoms with E-state index in [4.69, 9.17) is 18.6 Å². The molecular weight excluding hydrogens is 512 g/mol. The van der Waals surface area contributed by atoms with E-state index in [1.165, 1.54) is 0 Å². The van der Waals surface area contributed by atoms with Crippen molar-refractivity contribution < 1.29 is 33.3 Å². The first-order valence-electron chi connectivity index (χ1n) is 13.7. The van der Waals surface area contributed by atoms with Gasteiger partial charge in [0, 0.05) is 30.5 Å². The topological polar surface area (TPSA) is 111 Å². The fourth-order valence-corrected chi connectivity index (χ4v) is 5.63. The third-order valence-electron chi connectivity index (χ3n) is 7.92. The summed E-state index contributed by atoms with van der Waals surface area (Å²) in [6.45, 7) is 7.19. The lowest BCUT2D eigenvalue weighted by Crippen LogP contribution is -2.31. The van der Waals surface area contributed by atoms with E-state index in [0.717, 1.165) is 40.5 Å². The average molecular weight is 549 g/mol. The summed E-state index contributed by atoms with van der Waals surface area (Å²) in [5.74, 6) is 1.68. The van der Waals surface area contributed by atoms with Gasteiger partial charge in [-0.2, -0.15) is 0 Å². The highest BCUT2D eigenvalue weighted by atomic mass is 16.6. The molecular formula is C31H36N2O7. The molecule has 3 atom stereocenters. The van der Waals surface area contributed by atoms with Crippen LogP contribution in [0.4, 0.5) is 4.79 Å². The molecule has 1 unspecified atom stereocenters. The lowest BCUT2D eigenvalue weighted by atomic mass is 9.88. The van der Waals surface area contributed by atoms with Gasteiger partial charge in [-0.25, -0.2) is 9.78 Å². The summed E-state index contributed by atoms with van der Waals surface area (Å²) in [6, 6.07) is 15.4. The monoisotopic (exact) mass is 548 g/mol. The van der Waals surface area contributed by atoms with Gasteiger partial charge in [-0.3, -0.25) is 4.79 Å². The number of ether oxygens (including phenoxy) is 3. The number of carboxylic acid groups (broad SMARTS) is 1. The van der Waals surface area contributed by atoms with Crippen molar-refractivity contribution in [3.8, 4) is 23.0 Å². The van der Waals surface area contributed by atoms with Crippen LogP contribution in [-0.4, -0.2) is 60.5 Å². The number of likely N-dealkylation sites (tertiary alicyclic amines) is 1. The fourth-order valence-electron chi connectivity index (χ4n) is 5.63. The number of hydrogen-bond acceptors (Lipinski definition) is 7. The van der Waals surface area contributed by atoms with Crippen molar-refractivity contribution >= 4 is 12.1 Å². The van der Waals surface area contributed by atoms with E-state index in [1.807, 2.05) is 69.3 Å². The van der Waals surface area contributed by atoms with Crippen LogP contribution in [-0.2, 0) is 16.0 Å². The van der Waals surface area contributed by atoms with Crippen molar-refractivity contribution in [2.75, 3.05) is 33.4 Å². The summed E-state index contributed by atoms with van der Waals surface area (Å²) < 4.78 is 22.4. The van der Waals surface area contributed by atoms with Crippen LogP contribution in [0.5, 0.6) is 11.5 Å². The molecule has 0 radical (unpaired) electrons. The van der Waals surface area contributed by atoms with Crippen LogP contribution in [0.25, 0.3) is 11.5 Å². The van der Waals surface area contributed by atoms with Crippen molar-refractivity contribution in [2.24, 2.45) is 17.3 Å². The number of oxazole rings is 1. The van der Waals surface area contributed by atoms with Crippen LogP contribution < -0.4 is 9.47 Å². The van der Waals surface area contributed by atoms with Crippen LogP contribution in [0.1, 0.15) is 43.2 Å². The third kappa shape index (κ3) is 5.64. The highest BCUT2D eigenvalue weighted by Crippen LogP contribution is 2.66. The molecule has 1 aliphatic heterocycles. The third-order valence-corrected chi connectivity index (χ3v) is 7.92. The Hall–Kier alpha value is -4.01. The van der Waals surface area contributed by atoms with Crippen LogP contribution >= 0.6 is 0 Å². The highest BCUT2D eigenvalue weighted by molar-refractivity contribution is 5.77. The van der Waals surface area contributed by atoms with Gasteiger partial charge in [0.2, 0.25) is 5.89 Å². The molecule has 2 heterocycles. The number of methoxy groups -OCH3 is 1. The Morgan fingerprint density at radius 2 is 1.82 bits per heavy atom. The minimum absolute atomic E-state index is 0.0831. The van der Waals surface area contributed by atoms with Gasteiger partial charge >= 0.3 is 12.1 Å². The molecule has 9 heteroatoms. The first-order valence-corrected chi connectivity index (χ1v) is 13.7. The van der Waals surface area contributed by atoms with E-state index in [0.29, 0.717) is 32.1 Å². The van der Waals surface area contributed by atoms with Crippen molar-refractivity contribution in [2.45, 2.75) is 39.5 Å². The van der Waals surface area contributed by atoms with E-state index in [2.05, 4.69) is 4.98 Å². The molecule has 212 valence electrons. The molecule has 1 aliphatic carbocycles. The number of nitrogens with zero attached hydrogens (tertiary/aromatic N) is 2. The molecule has 5 rings (SSSR count). The zero-order chi connectivity index (χ0) is 28.4. The quantitative estimate of drug-likeness (QED) is 0.350. The maximum Gasteiger partial charge on any atom is 0.409 e. The molecule has 1 saturated carbocycles. The lowest BCUT2D eigenvalue weighted by Gasteiger charge is -2.17. The summed E-state index contributed by atoms with van der Waals surface area (Å²) >= 11 is 0. The van der Waals surface area contributed by atoms with Crippen LogP contribution in [0.15, 0.2) is 52.9 Å². The lowest BCUT2D eigenvalue weighted by molar-refractivity contribution is -0.143. The summed E-state index contributed by atoms with van der Waals surface area (Å²) in [6.07, 6.45) is 0.909. The molecule has 3 aromatic rings. The number of aliphatic carboxylic acids is 1. The van der Waals surface area contributed by atoms with Gasteiger partial charge in [0.25, 0.3) is 0 Å². The van der Waals surface area contributed by atoms with Gasteiger partial charge in [0.05, 0.1) is 31.9 Å². The number of carbonyl (C=O) groups excluding carboxylic acids is 1. The van der Waals surface area contributed by atoms with Gasteiger partial charge in [0.1, 0.15) is 17.3 Å². The Morgan fingerprint density at radius 1 is 1.12 bits per heavy atom. The average Bonchev–Trinajstić information content (AvgIpc) is 3.33. The second-order valence-electron chi connectivity index (χ2n) is 11.1. The van der Waals surface area contributed by atoms with E-state index in [9.17, 15) is 14.7 Å². The van der Waals surface area contributed by atoms with Crippen molar-refractivity contribution in [1.82, 2.24) is 9.88 Å². The summed E-state index contributed by atoms with van der Waals surface area (Å²) in [4.78, 5) is 30.8. The number of rotatable bonds is 10. The highest BCUT2D eigenvalue weighted by Gasteiger charge is 2.66. The Bertz CT molecular complexity index is 1350. The largest absolute Gasteiger partial charge is 0.497 e. The molecule has 1 aromatic heterocycles. The molecule has 1 N–H and O–H groups in total. The molecule has 1 spiro atoms. The molecule has 40 heavy (non-hydrogen) atoms. The minimum atomic E-state index is -0.861. The number of hydrogen-bond donors (Lipinski definition) is 1. The number of carbonyl (C=O) groups is 2. The van der Waals surface area contributed by atoms with Crippen molar-refractivity contribution in [1.29, 1.82) is 0 Å². The van der Waals surface area contributed by atoms with E-state index < -0.39 is 23.4 Å². The standard InChI is InChI=1S/C31H36N2O7/c1-19(2)17-39-30(36)33-16-26(29(34)35)31(18-33)15-25(31)21-5-11-24(12-6-21)38-14-13-27-20(3)40-28(32-27)22-7-9-23(37-4)10-8-22/h5-12,19,25-26H,13-18H2,1-4H3,(H,34,35)/t25?,26-,31-/m1/s1. The first-order chi connectivity index (χ1) is 19.2. The molecule has 0 bridgehead atoms. The van der Waals surface area contributed by atoms with Gasteiger partial charge < -0.3 is 28.6 Å². The summed E-state index contributed by atoms with van der Waals surface area (Å²) in [7, 11) is 1.63. The molecule has 9 nitrogen and oxygen atoms in total. The zero-order valence-electron chi connectivity index (χ0n) is 23.4. The van der Waals surface area contributed by atoms with Gasteiger partial charge in [-0.15, -0.1) is 0 Å². The van der Waals surface area contributed by atoms with Gasteiger partial charge in [0.15, 0.2) is 0 Å². The van der Waals surface area contributed by atoms with Crippen molar-refractivity contribution in [3.05, 3.63) is 65.5 Å². The Morgan fingerprint density at radius 3 is 2.48 bits per heavy atom. The molecule has 2 aromatic carbocycles. The second-order valence-corrected chi connectivity index (χ2v) is 11.1.